The molecule has 0 unspecified atom stereocenters. The Labute approximate surface area is 323 Å². The zero-order valence-corrected chi connectivity index (χ0v) is 30.9. The van der Waals surface area contributed by atoms with Gasteiger partial charge in [-0.15, -0.1) is 0 Å². The van der Waals surface area contributed by atoms with Gasteiger partial charge < -0.3 is 47.2 Å². The van der Waals surface area contributed by atoms with Crippen LogP contribution in [-0.2, 0) is 52.8 Å². The van der Waals surface area contributed by atoms with E-state index in [0.29, 0.717) is 17.5 Å². The summed E-state index contributed by atoms with van der Waals surface area (Å²) in [4.78, 5) is 93.0. The van der Waals surface area contributed by atoms with Crippen molar-refractivity contribution < 1.29 is 48.9 Å². The number of benzene rings is 3. The predicted octanol–water partition coefficient (Wildman–Crippen LogP) is -0.0879. The van der Waals surface area contributed by atoms with Gasteiger partial charge in [-0.3, -0.25) is 28.8 Å². The summed E-state index contributed by atoms with van der Waals surface area (Å²) in [6, 6.07) is 17.9. The number of carbonyl (C=O) groups is 7. The lowest BCUT2D eigenvalue weighted by molar-refractivity contribution is -0.147. The highest BCUT2D eigenvalue weighted by molar-refractivity contribution is 5.98. The van der Waals surface area contributed by atoms with Crippen LogP contribution in [0.5, 0.6) is 0 Å². The normalized spacial score (nSPS) is 16.9. The number of carboxylic acids is 2. The van der Waals surface area contributed by atoms with E-state index in [9.17, 15) is 48.9 Å². The number of hydrogen-bond donors (Lipinski definition) is 8. The third kappa shape index (κ3) is 12.5. The van der Waals surface area contributed by atoms with Crippen molar-refractivity contribution in [3.63, 3.8) is 0 Å². The van der Waals surface area contributed by atoms with Crippen LogP contribution in [-0.4, -0.2) is 111 Å². The lowest BCUT2D eigenvalue weighted by atomic mass is 10.0. The zero-order valence-electron chi connectivity index (χ0n) is 30.9. The van der Waals surface area contributed by atoms with E-state index in [1.165, 1.54) is 6.92 Å². The van der Waals surface area contributed by atoms with Gasteiger partial charge in [0.05, 0.1) is 18.6 Å². The Hall–Kier alpha value is -6.13. The first kappa shape index (κ1) is 42.6. The van der Waals surface area contributed by atoms with Crippen LogP contribution >= 0.6 is 0 Å². The summed E-state index contributed by atoms with van der Waals surface area (Å²) in [5.41, 5.74) is 8.11. The van der Waals surface area contributed by atoms with E-state index in [1.54, 1.807) is 91.0 Å². The lowest BCUT2D eigenvalue weighted by Gasteiger charge is -2.30. The molecule has 1 aliphatic heterocycles. The fourth-order valence-electron chi connectivity index (χ4n) is 6.41. The van der Waals surface area contributed by atoms with E-state index in [1.807, 2.05) is 0 Å². The van der Waals surface area contributed by atoms with Crippen molar-refractivity contribution in [2.75, 3.05) is 6.54 Å². The summed E-state index contributed by atoms with van der Waals surface area (Å²) in [6.07, 6.45) is -1.80. The van der Waals surface area contributed by atoms with Crippen molar-refractivity contribution in [3.8, 4) is 0 Å². The van der Waals surface area contributed by atoms with E-state index < -0.39 is 90.3 Å². The van der Waals surface area contributed by atoms with E-state index in [4.69, 9.17) is 5.73 Å². The molecule has 1 heterocycles. The number of aliphatic carboxylic acids is 2. The van der Waals surface area contributed by atoms with Crippen molar-refractivity contribution in [2.24, 2.45) is 5.73 Å². The van der Waals surface area contributed by atoms with Crippen molar-refractivity contribution in [3.05, 3.63) is 108 Å². The number of rotatable bonds is 19. The lowest BCUT2D eigenvalue weighted by Crippen LogP contribution is -2.61. The average Bonchev–Trinajstić information content (AvgIpc) is 3.67. The highest BCUT2D eigenvalue weighted by Gasteiger charge is 2.40. The summed E-state index contributed by atoms with van der Waals surface area (Å²) < 4.78 is 0. The van der Waals surface area contributed by atoms with E-state index in [0.717, 1.165) is 10.5 Å². The fraction of sp³-hybridized carbons (Fsp3) is 0.375. The summed E-state index contributed by atoms with van der Waals surface area (Å²) in [7, 11) is 0. The molecule has 16 heteroatoms. The van der Waals surface area contributed by atoms with Crippen LogP contribution in [0.15, 0.2) is 91.0 Å². The maximum Gasteiger partial charge on any atom is 0.326 e. The molecule has 5 amide bonds. The van der Waals surface area contributed by atoms with Crippen molar-refractivity contribution in [1.82, 2.24) is 26.2 Å². The summed E-state index contributed by atoms with van der Waals surface area (Å²) in [5, 5.41) is 40.0. The van der Waals surface area contributed by atoms with Gasteiger partial charge in [-0.1, -0.05) is 91.0 Å². The smallest absolute Gasteiger partial charge is 0.326 e. The van der Waals surface area contributed by atoms with Gasteiger partial charge in [0.15, 0.2) is 0 Å². The van der Waals surface area contributed by atoms with E-state index in [-0.39, 0.29) is 32.2 Å². The molecule has 3 aromatic carbocycles. The minimum atomic E-state index is -1.69. The number of aliphatic hydroxyl groups excluding tert-OH is 1. The Morgan fingerprint density at radius 3 is 1.68 bits per heavy atom. The molecule has 0 saturated carbocycles. The first-order chi connectivity index (χ1) is 26.7. The van der Waals surface area contributed by atoms with Crippen LogP contribution in [0.1, 0.15) is 42.9 Å². The highest BCUT2D eigenvalue weighted by atomic mass is 16.4. The number of likely N-dealkylation sites (tertiary alicyclic amines) is 1. The maximum absolute atomic E-state index is 13.9. The fourth-order valence-corrected chi connectivity index (χ4v) is 6.41. The SMILES string of the molecule is C[C@@H](O)[C@H](NC(=O)[C@@H](N)Cc1ccccc1)C(=O)N[C@@H](Cc1ccccc1)C(=O)N[C@@H](CC(=O)O)C(=O)N1CCC[C@H]1C(=O)N[C@@H](Cc1ccccc1)C(=O)O. The van der Waals surface area contributed by atoms with Crippen LogP contribution < -0.4 is 27.0 Å². The Morgan fingerprint density at radius 2 is 1.18 bits per heavy atom. The van der Waals surface area contributed by atoms with E-state index >= 15 is 0 Å². The molecule has 3 aromatic rings. The second kappa shape index (κ2) is 20.5. The quantitative estimate of drug-likeness (QED) is 0.0799. The molecule has 0 aromatic heterocycles. The molecule has 16 nitrogen and oxygen atoms in total. The van der Waals surface area contributed by atoms with Crippen LogP contribution in [0.2, 0.25) is 0 Å². The first-order valence-electron chi connectivity index (χ1n) is 18.3. The highest BCUT2D eigenvalue weighted by Crippen LogP contribution is 2.20. The second-order valence-corrected chi connectivity index (χ2v) is 13.7. The van der Waals surface area contributed by atoms with Crippen LogP contribution in [0.25, 0.3) is 0 Å². The van der Waals surface area contributed by atoms with E-state index in [2.05, 4.69) is 21.3 Å². The van der Waals surface area contributed by atoms with Crippen molar-refractivity contribution in [1.29, 1.82) is 0 Å². The largest absolute Gasteiger partial charge is 0.481 e. The number of nitrogens with two attached hydrogens (primary N) is 1. The predicted molar refractivity (Wildman–Crippen MR) is 202 cm³/mol. The van der Waals surface area contributed by atoms with Crippen molar-refractivity contribution in [2.45, 2.75) is 87.8 Å². The summed E-state index contributed by atoms with van der Waals surface area (Å²) >= 11 is 0. The third-order valence-corrected chi connectivity index (χ3v) is 9.34. The van der Waals surface area contributed by atoms with Gasteiger partial charge in [-0.2, -0.15) is 0 Å². The Balaban J connectivity index is 1.50. The number of amides is 5. The Morgan fingerprint density at radius 1 is 0.679 bits per heavy atom. The topological polar surface area (TPSA) is 258 Å². The third-order valence-electron chi connectivity index (χ3n) is 9.34. The van der Waals surface area contributed by atoms with Gasteiger partial charge in [0.1, 0.15) is 30.2 Å². The second-order valence-electron chi connectivity index (χ2n) is 13.7. The number of carbonyl (C=O) groups excluding carboxylic acids is 5. The van der Waals surface area contributed by atoms with Crippen molar-refractivity contribution >= 4 is 41.5 Å². The molecule has 0 aliphatic carbocycles. The standard InChI is InChI=1S/C40H48N6O10/c1-24(47)34(45-35(50)28(41)20-25-12-5-2-6-13-25)38(53)42-29(21-26-14-7-3-8-15-26)36(51)43-30(23-33(48)49)39(54)46-19-11-18-32(46)37(52)44-31(40(55)56)22-27-16-9-4-10-17-27/h2-10,12-17,24,28-32,34,47H,11,18-23,41H2,1H3,(H,42,53)(H,43,51)(H,44,52)(H,45,50)(H,48,49)(H,55,56)/t24-,28+,29+,30+,31+,32+,34+/m1/s1. The zero-order chi connectivity index (χ0) is 40.8. The van der Waals surface area contributed by atoms with Gasteiger partial charge in [0.25, 0.3) is 0 Å². The van der Waals surface area contributed by atoms with Gasteiger partial charge >= 0.3 is 11.9 Å². The first-order valence-corrected chi connectivity index (χ1v) is 18.3. The minimum Gasteiger partial charge on any atom is -0.481 e. The number of carboxylic acid groups (broad SMARTS) is 2. The number of aliphatic hydroxyl groups is 1. The van der Waals surface area contributed by atoms with Gasteiger partial charge in [0.2, 0.25) is 29.5 Å². The van der Waals surface area contributed by atoms with Gasteiger partial charge in [0, 0.05) is 19.4 Å². The monoisotopic (exact) mass is 772 g/mol. The molecule has 56 heavy (non-hydrogen) atoms. The Bertz CT molecular complexity index is 1830. The molecule has 0 spiro atoms. The van der Waals surface area contributed by atoms with Crippen LogP contribution in [0.4, 0.5) is 0 Å². The molecular formula is C40H48N6O10. The summed E-state index contributed by atoms with van der Waals surface area (Å²) in [5.74, 6) is -6.99. The molecule has 0 bridgehead atoms. The molecule has 0 radical (unpaired) electrons. The molecule has 298 valence electrons. The molecule has 7 atom stereocenters. The average molecular weight is 773 g/mol. The molecule has 1 aliphatic rings. The number of nitrogens with zero attached hydrogens (tertiary/aromatic N) is 1. The number of hydrogen-bond acceptors (Lipinski definition) is 9. The van der Waals surface area contributed by atoms with Crippen LogP contribution in [0.3, 0.4) is 0 Å². The van der Waals surface area contributed by atoms with Crippen LogP contribution in [0, 0.1) is 0 Å². The van der Waals surface area contributed by atoms with Gasteiger partial charge in [-0.25, -0.2) is 4.79 Å². The molecule has 9 N–H and O–H groups in total. The molecule has 1 fully saturated rings. The number of nitrogens with one attached hydrogen (secondary N) is 4. The maximum atomic E-state index is 13.9. The minimum absolute atomic E-state index is 0.0190. The summed E-state index contributed by atoms with van der Waals surface area (Å²) in [6.45, 7) is 1.30. The van der Waals surface area contributed by atoms with Gasteiger partial charge in [-0.05, 0) is 42.9 Å². The molecule has 4 rings (SSSR count). The molecule has 1 saturated heterocycles. The molecular weight excluding hydrogens is 724 g/mol. The Kier molecular flexibility index (Phi) is 15.6.